The van der Waals surface area contributed by atoms with Gasteiger partial charge in [-0.15, -0.1) is 0 Å². The molecule has 0 saturated heterocycles. The second-order valence-corrected chi connectivity index (χ2v) is 4.93. The van der Waals surface area contributed by atoms with Gasteiger partial charge in [0.2, 0.25) is 0 Å². The first-order valence-electron chi connectivity index (χ1n) is 5.24. The fourth-order valence-corrected chi connectivity index (χ4v) is 2.03. The summed E-state index contributed by atoms with van der Waals surface area (Å²) in [6, 6.07) is 5.76. The van der Waals surface area contributed by atoms with E-state index in [2.05, 4.69) is 15.9 Å². The second kappa shape index (κ2) is 4.07. The predicted octanol–water partition coefficient (Wildman–Crippen LogP) is 2.14. The molecule has 2 N–H and O–H groups in total. The number of rotatable bonds is 1. The zero-order valence-corrected chi connectivity index (χ0v) is 11.6. The number of nitrogens with two attached hydrogens (primary N) is 1. The molecule has 5 heteroatoms. The van der Waals surface area contributed by atoms with Crippen molar-refractivity contribution in [1.82, 2.24) is 9.36 Å². The molecule has 0 aliphatic heterocycles. The molecule has 4 nitrogen and oxygen atoms in total. The van der Waals surface area contributed by atoms with Crippen LogP contribution in [0.3, 0.4) is 0 Å². The van der Waals surface area contributed by atoms with Crippen LogP contribution in [-0.2, 0) is 7.05 Å². The van der Waals surface area contributed by atoms with Crippen molar-refractivity contribution in [2.45, 2.75) is 13.8 Å². The average molecular weight is 296 g/mol. The summed E-state index contributed by atoms with van der Waals surface area (Å²) in [5.74, 6) is 0. The molecule has 1 heterocycles. The van der Waals surface area contributed by atoms with Gasteiger partial charge in [-0.3, -0.25) is 9.48 Å². The topological polar surface area (TPSA) is 52.9 Å². The molecule has 17 heavy (non-hydrogen) atoms. The minimum atomic E-state index is -0.174. The lowest BCUT2D eigenvalue weighted by Gasteiger charge is -2.09. The number of anilines is 1. The quantitative estimate of drug-likeness (QED) is 0.876. The Bertz CT molecular complexity index is 640. The maximum absolute atomic E-state index is 12.0. The molecule has 0 bridgehead atoms. The number of aromatic nitrogens is 2. The largest absolute Gasteiger partial charge is 0.393 e. The Kier molecular flexibility index (Phi) is 2.87. The smallest absolute Gasteiger partial charge is 0.294 e. The minimum Gasteiger partial charge on any atom is -0.393 e. The molecule has 0 unspecified atom stereocenters. The summed E-state index contributed by atoms with van der Waals surface area (Å²) in [5.41, 5.74) is 8.54. The van der Waals surface area contributed by atoms with Crippen LogP contribution in [0.2, 0.25) is 0 Å². The molecule has 0 fully saturated rings. The molecule has 0 spiro atoms. The number of hydrogen-bond donors (Lipinski definition) is 1. The highest BCUT2D eigenvalue weighted by Crippen LogP contribution is 2.19. The number of nitrogen functional groups attached to an aromatic ring is 1. The van der Waals surface area contributed by atoms with Gasteiger partial charge in [0.1, 0.15) is 5.69 Å². The average Bonchev–Trinajstić information content (AvgIpc) is 2.48. The zero-order chi connectivity index (χ0) is 12.7. The minimum absolute atomic E-state index is 0.174. The molecule has 0 aliphatic carbocycles. The number of halogens is 1. The number of aryl methyl sites for hydroxylation is 1. The molecular weight excluding hydrogens is 282 g/mol. The Hall–Kier alpha value is -1.49. The van der Waals surface area contributed by atoms with E-state index in [-0.39, 0.29) is 5.56 Å². The molecule has 90 valence electrons. The first-order chi connectivity index (χ1) is 7.93. The highest BCUT2D eigenvalue weighted by Gasteiger charge is 2.13. The Morgan fingerprint density at radius 3 is 2.41 bits per heavy atom. The Morgan fingerprint density at radius 2 is 1.94 bits per heavy atom. The SMILES string of the molecule is Cc1cc(-n2c(=O)c(N)c(C)n2C)ccc1Br. The van der Waals surface area contributed by atoms with Gasteiger partial charge in [0.05, 0.1) is 11.4 Å². The standard InChI is InChI=1S/C12H14BrN3O/c1-7-6-9(4-5-10(7)13)16-12(17)11(14)8(2)15(16)3/h4-6H,14H2,1-3H3. The van der Waals surface area contributed by atoms with Gasteiger partial charge in [-0.1, -0.05) is 15.9 Å². The number of nitrogens with zero attached hydrogens (tertiary/aromatic N) is 2. The van der Waals surface area contributed by atoms with E-state index in [1.54, 1.807) is 9.36 Å². The van der Waals surface area contributed by atoms with Gasteiger partial charge in [0, 0.05) is 11.5 Å². The van der Waals surface area contributed by atoms with Crippen molar-refractivity contribution in [3.8, 4) is 5.69 Å². The highest BCUT2D eigenvalue weighted by atomic mass is 79.9. The third-order valence-corrected chi connectivity index (χ3v) is 3.87. The molecule has 0 atom stereocenters. The van der Waals surface area contributed by atoms with Crippen molar-refractivity contribution in [3.63, 3.8) is 0 Å². The molecular formula is C12H14BrN3O. The van der Waals surface area contributed by atoms with Gasteiger partial charge in [0.15, 0.2) is 0 Å². The molecule has 1 aromatic heterocycles. The summed E-state index contributed by atoms with van der Waals surface area (Å²) in [4.78, 5) is 12.0. The van der Waals surface area contributed by atoms with E-state index in [1.807, 2.05) is 39.1 Å². The van der Waals surface area contributed by atoms with Gasteiger partial charge in [0.25, 0.3) is 5.56 Å². The van der Waals surface area contributed by atoms with Crippen molar-refractivity contribution in [2.75, 3.05) is 5.73 Å². The Morgan fingerprint density at radius 1 is 1.29 bits per heavy atom. The van der Waals surface area contributed by atoms with Crippen LogP contribution in [0.4, 0.5) is 5.69 Å². The third kappa shape index (κ3) is 1.80. The summed E-state index contributed by atoms with van der Waals surface area (Å²) >= 11 is 3.44. The summed E-state index contributed by atoms with van der Waals surface area (Å²) in [6.45, 7) is 3.82. The van der Waals surface area contributed by atoms with E-state index >= 15 is 0 Å². The van der Waals surface area contributed by atoms with E-state index in [1.165, 1.54) is 0 Å². The number of benzene rings is 1. The van der Waals surface area contributed by atoms with E-state index in [0.717, 1.165) is 21.4 Å². The maximum atomic E-state index is 12.0. The van der Waals surface area contributed by atoms with E-state index in [4.69, 9.17) is 5.73 Å². The molecule has 2 rings (SSSR count). The van der Waals surface area contributed by atoms with Crippen LogP contribution in [0.5, 0.6) is 0 Å². The Labute approximate surface area is 108 Å². The van der Waals surface area contributed by atoms with Crippen molar-refractivity contribution >= 4 is 21.6 Å². The fourth-order valence-electron chi connectivity index (χ4n) is 1.78. The normalized spacial score (nSPS) is 10.8. The van der Waals surface area contributed by atoms with Crippen LogP contribution >= 0.6 is 15.9 Å². The van der Waals surface area contributed by atoms with E-state index < -0.39 is 0 Å². The molecule has 1 aromatic carbocycles. The van der Waals surface area contributed by atoms with Gasteiger partial charge in [-0.05, 0) is 37.6 Å². The lowest BCUT2D eigenvalue weighted by atomic mass is 10.2. The van der Waals surface area contributed by atoms with Gasteiger partial charge >= 0.3 is 0 Å². The summed E-state index contributed by atoms with van der Waals surface area (Å²) in [7, 11) is 1.82. The van der Waals surface area contributed by atoms with Crippen LogP contribution in [0, 0.1) is 13.8 Å². The summed E-state index contributed by atoms with van der Waals surface area (Å²) in [6.07, 6.45) is 0. The lowest BCUT2D eigenvalue weighted by molar-refractivity contribution is 0.629. The van der Waals surface area contributed by atoms with Gasteiger partial charge < -0.3 is 5.73 Å². The Balaban J connectivity index is 2.73. The number of hydrogen-bond acceptors (Lipinski definition) is 2. The first-order valence-corrected chi connectivity index (χ1v) is 6.03. The van der Waals surface area contributed by atoms with Crippen LogP contribution in [-0.4, -0.2) is 9.36 Å². The molecule has 0 radical (unpaired) electrons. The molecule has 0 aliphatic rings. The molecule has 2 aromatic rings. The fraction of sp³-hybridized carbons (Fsp3) is 0.250. The molecule has 0 amide bonds. The van der Waals surface area contributed by atoms with Crippen LogP contribution < -0.4 is 11.3 Å². The van der Waals surface area contributed by atoms with Crippen molar-refractivity contribution < 1.29 is 0 Å². The van der Waals surface area contributed by atoms with Crippen molar-refractivity contribution in [1.29, 1.82) is 0 Å². The highest BCUT2D eigenvalue weighted by molar-refractivity contribution is 9.10. The summed E-state index contributed by atoms with van der Waals surface area (Å²) < 4.78 is 4.36. The second-order valence-electron chi connectivity index (χ2n) is 4.07. The van der Waals surface area contributed by atoms with Crippen LogP contribution in [0.1, 0.15) is 11.3 Å². The van der Waals surface area contributed by atoms with Crippen LogP contribution in [0.25, 0.3) is 5.69 Å². The predicted molar refractivity (Wildman–Crippen MR) is 72.6 cm³/mol. The maximum Gasteiger partial charge on any atom is 0.294 e. The van der Waals surface area contributed by atoms with Crippen LogP contribution in [0.15, 0.2) is 27.5 Å². The van der Waals surface area contributed by atoms with Crippen molar-refractivity contribution in [2.24, 2.45) is 7.05 Å². The lowest BCUT2D eigenvalue weighted by Crippen LogP contribution is -2.20. The van der Waals surface area contributed by atoms with E-state index in [9.17, 15) is 4.79 Å². The summed E-state index contributed by atoms with van der Waals surface area (Å²) in [5, 5.41) is 0. The van der Waals surface area contributed by atoms with E-state index in [0.29, 0.717) is 5.69 Å². The first kappa shape index (κ1) is 12.0. The molecule has 0 saturated carbocycles. The van der Waals surface area contributed by atoms with Gasteiger partial charge in [-0.2, -0.15) is 0 Å². The van der Waals surface area contributed by atoms with Gasteiger partial charge in [-0.25, -0.2) is 4.68 Å². The van der Waals surface area contributed by atoms with Crippen molar-refractivity contribution in [3.05, 3.63) is 44.3 Å². The zero-order valence-electron chi connectivity index (χ0n) is 9.99. The monoisotopic (exact) mass is 295 g/mol. The third-order valence-electron chi connectivity index (χ3n) is 2.98.